The predicted octanol–water partition coefficient (Wildman–Crippen LogP) is 3.10. The molecule has 0 saturated heterocycles. The van der Waals surface area contributed by atoms with Gasteiger partial charge in [0.1, 0.15) is 5.75 Å². The minimum atomic E-state index is -0.597. The number of unbranched alkanes of at least 4 members (excludes halogenated alkanes) is 1. The number of carbonyl (C=O) groups excluding carboxylic acids is 1. The highest BCUT2D eigenvalue weighted by Gasteiger charge is 2.13. The molecule has 0 saturated carbocycles. The minimum Gasteiger partial charge on any atom is -0.465 e. The first-order chi connectivity index (χ1) is 8.19. The van der Waals surface area contributed by atoms with E-state index >= 15 is 0 Å². The fourth-order valence-corrected chi connectivity index (χ4v) is 1.23. The Morgan fingerprint density at radius 2 is 2.24 bits per heavy atom. The summed E-state index contributed by atoms with van der Waals surface area (Å²) in [4.78, 5) is 20.7. The fourth-order valence-electron chi connectivity index (χ4n) is 1.23. The predicted molar refractivity (Wildman–Crippen MR) is 63.2 cm³/mol. The van der Waals surface area contributed by atoms with Gasteiger partial charge in [-0.2, -0.15) is 0 Å². The molecular weight excluding hydrogens is 222 g/mol. The van der Waals surface area contributed by atoms with Crippen molar-refractivity contribution in [3.05, 3.63) is 46.2 Å². The molecule has 0 heterocycles. The molecule has 0 amide bonds. The Morgan fingerprint density at radius 3 is 2.82 bits per heavy atom. The van der Waals surface area contributed by atoms with Crippen LogP contribution >= 0.6 is 0 Å². The van der Waals surface area contributed by atoms with Crippen LogP contribution < -0.4 is 4.74 Å². The molecule has 1 rings (SSSR count). The van der Waals surface area contributed by atoms with Crippen molar-refractivity contribution < 1.29 is 14.5 Å². The molecule has 1 aromatic rings. The number of rotatable bonds is 6. The largest absolute Gasteiger partial charge is 0.465 e. The van der Waals surface area contributed by atoms with Crippen molar-refractivity contribution >= 4 is 12.0 Å². The zero-order chi connectivity index (χ0) is 12.7. The number of ether oxygens (including phenoxy) is 1. The molecule has 0 aliphatic rings. The zero-order valence-electron chi connectivity index (χ0n) is 9.46. The maximum atomic E-state index is 10.7. The Morgan fingerprint density at radius 1 is 1.47 bits per heavy atom. The highest BCUT2D eigenvalue weighted by atomic mass is 16.6. The number of nitro groups is 1. The molecule has 5 heteroatoms. The van der Waals surface area contributed by atoms with Gasteiger partial charge in [0.2, 0.25) is 0 Å². The van der Waals surface area contributed by atoms with Crippen molar-refractivity contribution in [1.29, 1.82) is 0 Å². The zero-order valence-corrected chi connectivity index (χ0v) is 9.46. The Kier molecular flexibility index (Phi) is 4.87. The topological polar surface area (TPSA) is 69.4 Å². The summed E-state index contributed by atoms with van der Waals surface area (Å²) in [6, 6.07) is 4.07. The van der Waals surface area contributed by atoms with Crippen LogP contribution in [0.1, 0.15) is 30.1 Å². The van der Waals surface area contributed by atoms with Crippen LogP contribution in [-0.4, -0.2) is 11.2 Å². The van der Waals surface area contributed by atoms with Crippen molar-refractivity contribution in [3.63, 3.8) is 0 Å². The van der Waals surface area contributed by atoms with E-state index in [0.29, 0.717) is 12.0 Å². The number of nitrogens with zero attached hydrogens (tertiary/aromatic N) is 1. The highest BCUT2D eigenvalue weighted by Crippen LogP contribution is 2.22. The second-order valence-electron chi connectivity index (χ2n) is 3.37. The fraction of sp³-hybridized carbons (Fsp3) is 0.250. The van der Waals surface area contributed by atoms with Crippen LogP contribution in [0.5, 0.6) is 5.75 Å². The monoisotopic (exact) mass is 235 g/mol. The molecule has 0 unspecified atom stereocenters. The maximum Gasteiger partial charge on any atom is 0.280 e. The SMILES string of the molecule is CCCC=COc1ccc([N+](=O)[O-])c(C=O)c1. The molecule has 0 atom stereocenters. The summed E-state index contributed by atoms with van der Waals surface area (Å²) in [7, 11) is 0. The first-order valence-electron chi connectivity index (χ1n) is 5.24. The molecule has 0 aliphatic heterocycles. The molecule has 0 bridgehead atoms. The van der Waals surface area contributed by atoms with Crippen molar-refractivity contribution in [2.45, 2.75) is 19.8 Å². The van der Waals surface area contributed by atoms with Crippen molar-refractivity contribution in [2.75, 3.05) is 0 Å². The summed E-state index contributed by atoms with van der Waals surface area (Å²) in [5, 5.41) is 10.6. The first-order valence-corrected chi connectivity index (χ1v) is 5.24. The molecule has 0 radical (unpaired) electrons. The summed E-state index contributed by atoms with van der Waals surface area (Å²) in [6.07, 6.45) is 5.72. The van der Waals surface area contributed by atoms with E-state index in [9.17, 15) is 14.9 Å². The van der Waals surface area contributed by atoms with Crippen LogP contribution in [0.4, 0.5) is 5.69 Å². The van der Waals surface area contributed by atoms with Gasteiger partial charge in [0.25, 0.3) is 5.69 Å². The lowest BCUT2D eigenvalue weighted by atomic mass is 10.2. The average Bonchev–Trinajstić information content (AvgIpc) is 2.34. The number of allylic oxidation sites excluding steroid dienone is 1. The van der Waals surface area contributed by atoms with E-state index in [0.717, 1.165) is 12.8 Å². The highest BCUT2D eigenvalue weighted by molar-refractivity contribution is 5.82. The van der Waals surface area contributed by atoms with Gasteiger partial charge in [-0.3, -0.25) is 14.9 Å². The van der Waals surface area contributed by atoms with Crippen molar-refractivity contribution in [3.8, 4) is 5.75 Å². The Hall–Kier alpha value is -2.17. The van der Waals surface area contributed by atoms with Crippen LogP contribution in [0.2, 0.25) is 0 Å². The normalized spacial score (nSPS) is 10.4. The molecule has 5 nitrogen and oxygen atoms in total. The van der Waals surface area contributed by atoms with E-state index in [1.165, 1.54) is 24.5 Å². The van der Waals surface area contributed by atoms with Crippen LogP contribution in [0.15, 0.2) is 30.5 Å². The van der Waals surface area contributed by atoms with E-state index < -0.39 is 4.92 Å². The number of hydrogen-bond acceptors (Lipinski definition) is 4. The molecular formula is C12H13NO4. The number of carbonyl (C=O) groups is 1. The summed E-state index contributed by atoms with van der Waals surface area (Å²) < 4.78 is 5.22. The third kappa shape index (κ3) is 3.71. The standard InChI is InChI=1S/C12H13NO4/c1-2-3-4-7-17-11-5-6-12(13(15)16)10(8-11)9-14/h4-9H,2-3H2,1H3. The van der Waals surface area contributed by atoms with E-state index in [1.807, 2.05) is 13.0 Å². The minimum absolute atomic E-state index is 0.0105. The summed E-state index contributed by atoms with van der Waals surface area (Å²) >= 11 is 0. The van der Waals surface area contributed by atoms with Gasteiger partial charge in [0, 0.05) is 6.07 Å². The third-order valence-electron chi connectivity index (χ3n) is 2.08. The lowest BCUT2D eigenvalue weighted by molar-refractivity contribution is -0.385. The molecule has 90 valence electrons. The van der Waals surface area contributed by atoms with E-state index in [4.69, 9.17) is 4.74 Å². The van der Waals surface area contributed by atoms with Crippen LogP contribution in [0.3, 0.4) is 0 Å². The number of aldehydes is 1. The van der Waals surface area contributed by atoms with Gasteiger partial charge in [-0.1, -0.05) is 13.3 Å². The summed E-state index contributed by atoms with van der Waals surface area (Å²) in [5.41, 5.74) is -0.207. The van der Waals surface area contributed by atoms with Gasteiger partial charge >= 0.3 is 0 Å². The second kappa shape index (κ2) is 6.42. The average molecular weight is 235 g/mol. The Balaban J connectivity index is 2.83. The summed E-state index contributed by atoms with van der Waals surface area (Å²) in [5.74, 6) is 0.407. The summed E-state index contributed by atoms with van der Waals surface area (Å²) in [6.45, 7) is 2.04. The van der Waals surface area contributed by atoms with Crippen LogP contribution in [-0.2, 0) is 0 Å². The molecule has 0 aliphatic carbocycles. The quantitative estimate of drug-likeness (QED) is 0.329. The number of hydrogen-bond donors (Lipinski definition) is 0. The third-order valence-corrected chi connectivity index (χ3v) is 2.08. The van der Waals surface area contributed by atoms with Gasteiger partial charge in [0.15, 0.2) is 6.29 Å². The Bertz CT molecular complexity index is 440. The first kappa shape index (κ1) is 12.9. The van der Waals surface area contributed by atoms with Gasteiger partial charge in [-0.05, 0) is 24.6 Å². The van der Waals surface area contributed by atoms with Crippen LogP contribution in [0.25, 0.3) is 0 Å². The second-order valence-corrected chi connectivity index (χ2v) is 3.37. The molecule has 1 aromatic carbocycles. The van der Waals surface area contributed by atoms with Crippen molar-refractivity contribution in [1.82, 2.24) is 0 Å². The van der Waals surface area contributed by atoms with E-state index in [2.05, 4.69) is 0 Å². The van der Waals surface area contributed by atoms with Crippen molar-refractivity contribution in [2.24, 2.45) is 0 Å². The van der Waals surface area contributed by atoms with Gasteiger partial charge < -0.3 is 4.74 Å². The van der Waals surface area contributed by atoms with Gasteiger partial charge in [-0.15, -0.1) is 0 Å². The smallest absolute Gasteiger partial charge is 0.280 e. The number of nitro benzene ring substituents is 1. The lowest BCUT2D eigenvalue weighted by Gasteiger charge is -2.01. The molecule has 0 aromatic heterocycles. The van der Waals surface area contributed by atoms with E-state index in [-0.39, 0.29) is 11.3 Å². The number of benzene rings is 1. The van der Waals surface area contributed by atoms with E-state index in [1.54, 1.807) is 0 Å². The van der Waals surface area contributed by atoms with Gasteiger partial charge in [0.05, 0.1) is 16.7 Å². The molecule has 17 heavy (non-hydrogen) atoms. The van der Waals surface area contributed by atoms with Crippen LogP contribution in [0, 0.1) is 10.1 Å². The maximum absolute atomic E-state index is 10.7. The lowest BCUT2D eigenvalue weighted by Crippen LogP contribution is -1.94. The molecule has 0 spiro atoms. The van der Waals surface area contributed by atoms with Gasteiger partial charge in [-0.25, -0.2) is 0 Å². The Labute approximate surface area is 98.9 Å². The molecule has 0 fully saturated rings. The molecule has 0 N–H and O–H groups in total.